The first-order valence-corrected chi connectivity index (χ1v) is 7.61. The van der Waals surface area contributed by atoms with Gasteiger partial charge in [0.15, 0.2) is 5.96 Å². The fourth-order valence-corrected chi connectivity index (χ4v) is 2.72. The molecule has 0 saturated heterocycles. The highest BCUT2D eigenvalue weighted by molar-refractivity contribution is 5.79. The molecule has 1 rings (SSSR count). The summed E-state index contributed by atoms with van der Waals surface area (Å²) in [6, 6.07) is 0.527. The SMILES string of the molecule is CCN=C(NC(C)CCC1CCCCC1)N(C)C. The van der Waals surface area contributed by atoms with Gasteiger partial charge in [0, 0.05) is 26.7 Å². The fourth-order valence-electron chi connectivity index (χ4n) is 2.72. The van der Waals surface area contributed by atoms with Gasteiger partial charge < -0.3 is 10.2 Å². The molecule has 3 nitrogen and oxygen atoms in total. The predicted octanol–water partition coefficient (Wildman–Crippen LogP) is 3.26. The highest BCUT2D eigenvalue weighted by Crippen LogP contribution is 2.27. The van der Waals surface area contributed by atoms with E-state index < -0.39 is 0 Å². The average molecular weight is 253 g/mol. The molecule has 0 heterocycles. The summed E-state index contributed by atoms with van der Waals surface area (Å²) >= 11 is 0. The molecule has 106 valence electrons. The zero-order chi connectivity index (χ0) is 13.4. The van der Waals surface area contributed by atoms with Crippen LogP contribution in [0.25, 0.3) is 0 Å². The number of aliphatic imine (C=N–C) groups is 1. The second-order valence-electron chi connectivity index (χ2n) is 5.82. The first-order chi connectivity index (χ1) is 8.63. The number of hydrogen-bond donors (Lipinski definition) is 1. The van der Waals surface area contributed by atoms with E-state index in [-0.39, 0.29) is 0 Å². The van der Waals surface area contributed by atoms with E-state index in [0.717, 1.165) is 18.4 Å². The number of nitrogens with one attached hydrogen (secondary N) is 1. The maximum Gasteiger partial charge on any atom is 0.193 e. The van der Waals surface area contributed by atoms with Crippen molar-refractivity contribution >= 4 is 5.96 Å². The van der Waals surface area contributed by atoms with E-state index in [9.17, 15) is 0 Å². The molecule has 1 aliphatic rings. The van der Waals surface area contributed by atoms with Gasteiger partial charge in [0.05, 0.1) is 0 Å². The molecule has 0 bridgehead atoms. The Morgan fingerprint density at radius 3 is 2.50 bits per heavy atom. The van der Waals surface area contributed by atoms with Crippen molar-refractivity contribution < 1.29 is 0 Å². The van der Waals surface area contributed by atoms with E-state index in [1.54, 1.807) is 0 Å². The van der Waals surface area contributed by atoms with Crippen molar-refractivity contribution in [2.24, 2.45) is 10.9 Å². The third-order valence-corrected chi connectivity index (χ3v) is 3.84. The molecular formula is C15H31N3. The van der Waals surface area contributed by atoms with Gasteiger partial charge in [-0.1, -0.05) is 32.1 Å². The van der Waals surface area contributed by atoms with Crippen LogP contribution in [0.2, 0.25) is 0 Å². The standard InChI is InChI=1S/C15H31N3/c1-5-16-15(18(3)4)17-13(2)11-12-14-9-7-6-8-10-14/h13-14H,5-12H2,1-4H3,(H,16,17). The molecule has 1 atom stereocenters. The van der Waals surface area contributed by atoms with Crippen LogP contribution in [0.15, 0.2) is 4.99 Å². The Labute approximate surface area is 113 Å². The topological polar surface area (TPSA) is 27.6 Å². The zero-order valence-electron chi connectivity index (χ0n) is 12.7. The summed E-state index contributed by atoms with van der Waals surface area (Å²) in [5.74, 6) is 2.00. The van der Waals surface area contributed by atoms with E-state index in [1.807, 2.05) is 0 Å². The van der Waals surface area contributed by atoms with Crippen LogP contribution < -0.4 is 5.32 Å². The van der Waals surface area contributed by atoms with Crippen molar-refractivity contribution in [2.75, 3.05) is 20.6 Å². The van der Waals surface area contributed by atoms with Crippen LogP contribution in [0, 0.1) is 5.92 Å². The van der Waals surface area contributed by atoms with Gasteiger partial charge in [-0.05, 0) is 32.6 Å². The van der Waals surface area contributed by atoms with Crippen LogP contribution in [0.5, 0.6) is 0 Å². The number of guanidine groups is 1. The highest BCUT2D eigenvalue weighted by Gasteiger charge is 2.15. The Kier molecular flexibility index (Phi) is 7.14. The van der Waals surface area contributed by atoms with Crippen LogP contribution in [-0.2, 0) is 0 Å². The molecular weight excluding hydrogens is 222 g/mol. The Bertz CT molecular complexity index is 242. The summed E-state index contributed by atoms with van der Waals surface area (Å²) in [4.78, 5) is 6.56. The summed E-state index contributed by atoms with van der Waals surface area (Å²) < 4.78 is 0. The summed E-state index contributed by atoms with van der Waals surface area (Å²) in [5, 5.41) is 3.53. The number of hydrogen-bond acceptors (Lipinski definition) is 1. The van der Waals surface area contributed by atoms with Crippen LogP contribution >= 0.6 is 0 Å². The highest BCUT2D eigenvalue weighted by atomic mass is 15.3. The Hall–Kier alpha value is -0.730. The summed E-state index contributed by atoms with van der Waals surface area (Å²) in [5.41, 5.74) is 0. The van der Waals surface area contributed by atoms with Gasteiger partial charge in [-0.15, -0.1) is 0 Å². The van der Waals surface area contributed by atoms with Crippen LogP contribution in [-0.4, -0.2) is 37.5 Å². The van der Waals surface area contributed by atoms with Crippen molar-refractivity contribution in [3.05, 3.63) is 0 Å². The van der Waals surface area contributed by atoms with Crippen molar-refractivity contribution in [3.63, 3.8) is 0 Å². The molecule has 3 heteroatoms. The van der Waals surface area contributed by atoms with Gasteiger partial charge in [-0.3, -0.25) is 4.99 Å². The second kappa shape index (κ2) is 8.39. The lowest BCUT2D eigenvalue weighted by Crippen LogP contribution is -2.41. The van der Waals surface area contributed by atoms with Crippen molar-refractivity contribution in [1.82, 2.24) is 10.2 Å². The van der Waals surface area contributed by atoms with Crippen molar-refractivity contribution in [1.29, 1.82) is 0 Å². The summed E-state index contributed by atoms with van der Waals surface area (Å²) in [6.07, 6.45) is 9.91. The second-order valence-corrected chi connectivity index (χ2v) is 5.82. The molecule has 0 aliphatic heterocycles. The normalized spacial score (nSPS) is 19.7. The summed E-state index contributed by atoms with van der Waals surface area (Å²) in [7, 11) is 4.10. The number of rotatable bonds is 5. The fraction of sp³-hybridized carbons (Fsp3) is 0.933. The molecule has 1 unspecified atom stereocenters. The Morgan fingerprint density at radius 1 is 1.28 bits per heavy atom. The number of nitrogens with zero attached hydrogens (tertiary/aromatic N) is 2. The molecule has 0 aromatic carbocycles. The lowest BCUT2D eigenvalue weighted by molar-refractivity contribution is 0.321. The van der Waals surface area contributed by atoms with Gasteiger partial charge in [0.2, 0.25) is 0 Å². The van der Waals surface area contributed by atoms with Crippen LogP contribution in [0.3, 0.4) is 0 Å². The largest absolute Gasteiger partial charge is 0.354 e. The van der Waals surface area contributed by atoms with Gasteiger partial charge >= 0.3 is 0 Å². The lowest BCUT2D eigenvalue weighted by Gasteiger charge is -2.25. The average Bonchev–Trinajstić information content (AvgIpc) is 2.37. The minimum Gasteiger partial charge on any atom is -0.354 e. The molecule has 1 fully saturated rings. The molecule has 18 heavy (non-hydrogen) atoms. The molecule has 0 amide bonds. The molecule has 1 aliphatic carbocycles. The van der Waals surface area contributed by atoms with E-state index in [0.29, 0.717) is 6.04 Å². The Balaban J connectivity index is 2.26. The molecule has 0 aromatic heterocycles. The van der Waals surface area contributed by atoms with Gasteiger partial charge in [-0.2, -0.15) is 0 Å². The zero-order valence-corrected chi connectivity index (χ0v) is 12.7. The van der Waals surface area contributed by atoms with E-state index in [2.05, 4.69) is 43.2 Å². The first-order valence-electron chi connectivity index (χ1n) is 7.61. The predicted molar refractivity (Wildman–Crippen MR) is 80.1 cm³/mol. The third-order valence-electron chi connectivity index (χ3n) is 3.84. The Morgan fingerprint density at radius 2 is 1.94 bits per heavy atom. The lowest BCUT2D eigenvalue weighted by atomic mass is 9.85. The smallest absolute Gasteiger partial charge is 0.193 e. The van der Waals surface area contributed by atoms with E-state index in [4.69, 9.17) is 0 Å². The van der Waals surface area contributed by atoms with Crippen molar-refractivity contribution in [3.8, 4) is 0 Å². The maximum atomic E-state index is 4.49. The first kappa shape index (κ1) is 15.3. The van der Waals surface area contributed by atoms with E-state index >= 15 is 0 Å². The van der Waals surface area contributed by atoms with E-state index in [1.165, 1.54) is 44.9 Å². The van der Waals surface area contributed by atoms with Crippen LogP contribution in [0.4, 0.5) is 0 Å². The minimum absolute atomic E-state index is 0.527. The van der Waals surface area contributed by atoms with Gasteiger partial charge in [0.1, 0.15) is 0 Å². The van der Waals surface area contributed by atoms with Gasteiger partial charge in [-0.25, -0.2) is 0 Å². The molecule has 0 radical (unpaired) electrons. The maximum absolute atomic E-state index is 4.49. The quantitative estimate of drug-likeness (QED) is 0.601. The van der Waals surface area contributed by atoms with Crippen molar-refractivity contribution in [2.45, 2.75) is 64.8 Å². The molecule has 1 N–H and O–H groups in total. The molecule has 0 spiro atoms. The monoisotopic (exact) mass is 253 g/mol. The minimum atomic E-state index is 0.527. The summed E-state index contributed by atoms with van der Waals surface area (Å²) in [6.45, 7) is 5.20. The molecule has 0 aromatic rings. The van der Waals surface area contributed by atoms with Gasteiger partial charge in [0.25, 0.3) is 0 Å². The van der Waals surface area contributed by atoms with Crippen LogP contribution in [0.1, 0.15) is 58.8 Å². The molecule has 1 saturated carbocycles. The third kappa shape index (κ3) is 5.74.